The van der Waals surface area contributed by atoms with E-state index in [-0.39, 0.29) is 30.1 Å². The van der Waals surface area contributed by atoms with Crippen LogP contribution in [0.1, 0.15) is 83.6 Å². The van der Waals surface area contributed by atoms with Crippen molar-refractivity contribution in [2.45, 2.75) is 84.5 Å². The van der Waals surface area contributed by atoms with Crippen LogP contribution in [0.3, 0.4) is 0 Å². The second-order valence-corrected chi connectivity index (χ2v) is 10.5. The molecule has 0 radical (unpaired) electrons. The van der Waals surface area contributed by atoms with Crippen LogP contribution in [0.4, 0.5) is 17.6 Å². The molecule has 0 bridgehead atoms. The van der Waals surface area contributed by atoms with Gasteiger partial charge < -0.3 is 9.47 Å². The van der Waals surface area contributed by atoms with E-state index < -0.39 is 24.1 Å². The predicted octanol–water partition coefficient (Wildman–Crippen LogP) is 9.04. The maximum absolute atomic E-state index is 14.3. The molecular weight excluding hydrogens is 468 g/mol. The fraction of sp³-hybridized carbons (Fsp3) is 0.667. The van der Waals surface area contributed by atoms with Gasteiger partial charge in [0.2, 0.25) is 5.82 Å². The average molecular weight is 511 g/mol. The van der Waals surface area contributed by atoms with Crippen LogP contribution in [0.2, 0.25) is 0 Å². The summed E-state index contributed by atoms with van der Waals surface area (Å²) in [5.41, 5.74) is 0.107. The highest BCUT2D eigenvalue weighted by molar-refractivity contribution is 5.32. The maximum Gasteiger partial charge on any atom is 0.200 e. The van der Waals surface area contributed by atoms with Crippen LogP contribution in [0.25, 0.3) is 0 Å². The third-order valence-electron chi connectivity index (χ3n) is 7.94. The van der Waals surface area contributed by atoms with Crippen LogP contribution < -0.4 is 4.74 Å². The van der Waals surface area contributed by atoms with Crippen molar-refractivity contribution >= 4 is 0 Å². The summed E-state index contributed by atoms with van der Waals surface area (Å²) in [6.45, 7) is 3.25. The van der Waals surface area contributed by atoms with Gasteiger partial charge in [-0.3, -0.25) is 0 Å². The highest BCUT2D eigenvalue weighted by Gasteiger charge is 2.35. The van der Waals surface area contributed by atoms with Crippen molar-refractivity contribution in [1.29, 1.82) is 0 Å². The third-order valence-corrected chi connectivity index (χ3v) is 7.94. The first-order valence-electron chi connectivity index (χ1n) is 13.8. The molecule has 0 spiro atoms. The number of fused-ring (bicyclic) bond motifs is 1. The van der Waals surface area contributed by atoms with E-state index in [4.69, 9.17) is 9.47 Å². The zero-order valence-electron chi connectivity index (χ0n) is 21.8. The van der Waals surface area contributed by atoms with Crippen molar-refractivity contribution in [3.63, 3.8) is 0 Å². The maximum atomic E-state index is 14.3. The molecule has 6 heteroatoms. The number of benzene rings is 1. The van der Waals surface area contributed by atoms with Gasteiger partial charge in [-0.1, -0.05) is 51.2 Å². The second kappa shape index (κ2) is 14.7. The van der Waals surface area contributed by atoms with E-state index in [0.29, 0.717) is 18.4 Å². The first-order valence-corrected chi connectivity index (χ1v) is 13.8. The van der Waals surface area contributed by atoms with Gasteiger partial charge in [-0.2, -0.15) is 4.39 Å². The molecule has 4 atom stereocenters. The first kappa shape index (κ1) is 28.6. The van der Waals surface area contributed by atoms with Crippen LogP contribution in [0, 0.1) is 35.3 Å². The molecule has 3 rings (SSSR count). The fourth-order valence-corrected chi connectivity index (χ4v) is 5.96. The molecule has 0 saturated heterocycles. The van der Waals surface area contributed by atoms with Gasteiger partial charge in [-0.15, -0.1) is 0 Å². The summed E-state index contributed by atoms with van der Waals surface area (Å²) in [7, 11) is 0. The summed E-state index contributed by atoms with van der Waals surface area (Å²) in [5.74, 6) is -0.624. The number of rotatable bonds is 13. The van der Waals surface area contributed by atoms with Crippen molar-refractivity contribution in [1.82, 2.24) is 0 Å². The lowest BCUT2D eigenvalue weighted by Crippen LogP contribution is -2.32. The molecule has 2 nitrogen and oxygen atoms in total. The Labute approximate surface area is 214 Å². The van der Waals surface area contributed by atoms with Gasteiger partial charge in [0.15, 0.2) is 23.2 Å². The number of hydrogen-bond donors (Lipinski definition) is 0. The number of unbranched alkanes of at least 4 members (excludes halogenated alkanes) is 2. The Bertz CT molecular complexity index is 882. The molecule has 2 fully saturated rings. The van der Waals surface area contributed by atoms with E-state index in [1.165, 1.54) is 75.7 Å². The zero-order chi connectivity index (χ0) is 25.9. The number of alkyl halides is 1. The van der Waals surface area contributed by atoms with E-state index in [0.717, 1.165) is 24.7 Å². The quantitative estimate of drug-likeness (QED) is 0.114. The fourth-order valence-electron chi connectivity index (χ4n) is 5.96. The lowest BCUT2D eigenvalue weighted by atomic mass is 9.64. The molecule has 2 saturated carbocycles. The van der Waals surface area contributed by atoms with Gasteiger partial charge in [-0.25, -0.2) is 13.2 Å². The predicted molar refractivity (Wildman–Crippen MR) is 136 cm³/mol. The number of halogens is 4. The van der Waals surface area contributed by atoms with Gasteiger partial charge >= 0.3 is 0 Å². The van der Waals surface area contributed by atoms with Crippen LogP contribution in [0.15, 0.2) is 35.9 Å². The van der Waals surface area contributed by atoms with Crippen LogP contribution in [-0.4, -0.2) is 19.9 Å². The Morgan fingerprint density at radius 2 is 1.69 bits per heavy atom. The standard InChI is InChI=1S/C30H42F4O2/c1-3-5-6-8-21-11-13-25-18-22(12-14-24(25)17-21)20-36-27(26(32)19-31)10-7-9-23-15-16-28(35-4-2)30(34)29(23)33/h7,10,15-16,21-22,24-25H,3-6,8-9,11-14,17-20H2,1-2H3/b10-7-,27-26-. The molecule has 2 aliphatic rings. The highest BCUT2D eigenvalue weighted by atomic mass is 19.2. The van der Waals surface area contributed by atoms with Gasteiger partial charge in [0.05, 0.1) is 13.2 Å². The molecule has 2 aliphatic carbocycles. The zero-order valence-corrected chi connectivity index (χ0v) is 21.8. The molecular formula is C30H42F4O2. The molecule has 0 aliphatic heterocycles. The molecule has 0 N–H and O–H groups in total. The minimum Gasteiger partial charge on any atom is -0.491 e. The van der Waals surface area contributed by atoms with E-state index in [2.05, 4.69) is 6.92 Å². The Hall–Kier alpha value is -1.98. The van der Waals surface area contributed by atoms with Crippen molar-refractivity contribution in [2.75, 3.05) is 19.9 Å². The number of allylic oxidation sites excluding steroid dienone is 3. The van der Waals surface area contributed by atoms with Crippen LogP contribution >= 0.6 is 0 Å². The van der Waals surface area contributed by atoms with Gasteiger partial charge in [0.25, 0.3) is 0 Å². The summed E-state index contributed by atoms with van der Waals surface area (Å²) in [5, 5.41) is 0. The molecule has 202 valence electrons. The average Bonchev–Trinajstić information content (AvgIpc) is 2.89. The Kier molecular flexibility index (Phi) is 11.7. The molecule has 1 aromatic rings. The topological polar surface area (TPSA) is 18.5 Å². The molecule has 0 amide bonds. The summed E-state index contributed by atoms with van der Waals surface area (Å²) in [6, 6.07) is 2.80. The number of ether oxygens (including phenoxy) is 2. The molecule has 36 heavy (non-hydrogen) atoms. The summed E-state index contributed by atoms with van der Waals surface area (Å²) >= 11 is 0. The van der Waals surface area contributed by atoms with Crippen molar-refractivity contribution in [3.05, 3.63) is 53.1 Å². The molecule has 4 unspecified atom stereocenters. The Morgan fingerprint density at radius 3 is 2.39 bits per heavy atom. The normalized spacial score (nSPS) is 24.9. The monoisotopic (exact) mass is 510 g/mol. The summed E-state index contributed by atoms with van der Waals surface area (Å²) < 4.78 is 66.4. The largest absolute Gasteiger partial charge is 0.491 e. The summed E-state index contributed by atoms with van der Waals surface area (Å²) in [4.78, 5) is 0. The minimum atomic E-state index is -1.26. The van der Waals surface area contributed by atoms with Crippen molar-refractivity contribution in [3.8, 4) is 5.75 Å². The van der Waals surface area contributed by atoms with Crippen LogP contribution in [-0.2, 0) is 11.2 Å². The van der Waals surface area contributed by atoms with E-state index in [1.807, 2.05) is 0 Å². The van der Waals surface area contributed by atoms with Gasteiger partial charge in [0.1, 0.15) is 6.67 Å². The minimum absolute atomic E-state index is 0.0220. The van der Waals surface area contributed by atoms with Gasteiger partial charge in [0, 0.05) is 0 Å². The molecule has 0 aromatic heterocycles. The van der Waals surface area contributed by atoms with Crippen LogP contribution in [0.5, 0.6) is 5.75 Å². The lowest BCUT2D eigenvalue weighted by molar-refractivity contribution is 0.0588. The van der Waals surface area contributed by atoms with Crippen molar-refractivity contribution in [2.24, 2.45) is 23.7 Å². The second-order valence-electron chi connectivity index (χ2n) is 10.5. The van der Waals surface area contributed by atoms with E-state index in [1.54, 1.807) is 6.92 Å². The third kappa shape index (κ3) is 8.01. The first-order chi connectivity index (χ1) is 17.5. The summed E-state index contributed by atoms with van der Waals surface area (Å²) in [6.07, 6.45) is 15.4. The van der Waals surface area contributed by atoms with E-state index in [9.17, 15) is 17.6 Å². The number of hydrogen-bond acceptors (Lipinski definition) is 2. The lowest BCUT2D eigenvalue weighted by Gasteiger charge is -2.42. The Morgan fingerprint density at radius 1 is 0.972 bits per heavy atom. The SMILES string of the molecule is CCCCCC1CCC2CC(COC(/C=C\Cc3ccc(OCC)c(F)c3F)=C(\F)CF)CCC2C1. The Balaban J connectivity index is 1.51. The molecule has 0 heterocycles. The molecule has 1 aromatic carbocycles. The highest BCUT2D eigenvalue weighted by Crippen LogP contribution is 2.46. The van der Waals surface area contributed by atoms with Crippen molar-refractivity contribution < 1.29 is 27.0 Å². The smallest absolute Gasteiger partial charge is 0.200 e. The van der Waals surface area contributed by atoms with Gasteiger partial charge in [-0.05, 0) is 86.8 Å². The van der Waals surface area contributed by atoms with E-state index >= 15 is 0 Å².